The fraction of sp³-hybridized carbons (Fsp3) is 0.667. The molecule has 0 aliphatic carbocycles. The molecule has 0 aliphatic rings. The summed E-state index contributed by atoms with van der Waals surface area (Å²) in [5, 5.41) is -10.4. The summed E-state index contributed by atoms with van der Waals surface area (Å²) in [4.78, 5) is 0. The maximum absolute atomic E-state index is 12.8. The Kier molecular flexibility index (Phi) is 4.92. The summed E-state index contributed by atoms with van der Waals surface area (Å²) in [5.74, 6) is -5.22. The van der Waals surface area contributed by atoms with Gasteiger partial charge < -0.3 is 4.74 Å². The maximum Gasteiger partial charge on any atom is 0.375 e. The monoisotopic (exact) mass is 312 g/mol. The van der Waals surface area contributed by atoms with Crippen molar-refractivity contribution < 1.29 is 39.9 Å². The molecule has 0 aliphatic heterocycles. The lowest BCUT2D eigenvalue weighted by Crippen LogP contribution is -2.52. The first-order valence-electron chi connectivity index (χ1n) is 3.49. The van der Waals surface area contributed by atoms with Gasteiger partial charge in [0, 0.05) is 0 Å². The smallest absolute Gasteiger partial charge is 0.375 e. The van der Waals surface area contributed by atoms with Crippen LogP contribution < -0.4 is 0 Å². The van der Waals surface area contributed by atoms with Crippen LogP contribution in [0.2, 0.25) is 0 Å². The van der Waals surface area contributed by atoms with Crippen molar-refractivity contribution in [2.75, 3.05) is 6.61 Å². The Hall–Kier alpha value is -0.440. The van der Waals surface area contributed by atoms with Gasteiger partial charge in [0.25, 0.3) is 0 Å². The lowest BCUT2D eigenvalue weighted by atomic mass is 10.2. The van der Waals surface area contributed by atoms with Crippen LogP contribution in [0.3, 0.4) is 0 Å². The van der Waals surface area contributed by atoms with Crippen LogP contribution in [0.5, 0.6) is 0 Å². The molecule has 1 nitrogen and oxygen atoms in total. The van der Waals surface area contributed by atoms with Crippen LogP contribution in [0.25, 0.3) is 0 Å². The molecule has 0 amide bonds. The molecule has 0 aromatic rings. The predicted molar refractivity (Wildman–Crippen MR) is 41.7 cm³/mol. The van der Waals surface area contributed by atoms with Crippen molar-refractivity contribution in [2.24, 2.45) is 0 Å². The van der Waals surface area contributed by atoms with Gasteiger partial charge in [-0.15, -0.1) is 0 Å². The van der Waals surface area contributed by atoms with Gasteiger partial charge >= 0.3 is 28.5 Å². The van der Waals surface area contributed by atoms with E-state index < -0.39 is 35.1 Å². The molecule has 0 fully saturated rings. The highest BCUT2D eigenvalue weighted by Crippen LogP contribution is 2.49. The summed E-state index contributed by atoms with van der Waals surface area (Å²) >= 11 is 8.12. The molecule has 0 bridgehead atoms. The fourth-order valence-electron chi connectivity index (χ4n) is 0.507. The molecule has 0 saturated heterocycles. The molecule has 0 heterocycles. The summed E-state index contributed by atoms with van der Waals surface area (Å²) in [6, 6.07) is -2.77. The highest BCUT2D eigenvalue weighted by atomic mass is 35.5. The molecule has 17 heavy (non-hydrogen) atoms. The molecule has 1 unspecified atom stereocenters. The van der Waals surface area contributed by atoms with Crippen LogP contribution in [-0.4, -0.2) is 23.0 Å². The van der Waals surface area contributed by atoms with Crippen molar-refractivity contribution in [1.29, 1.82) is 0 Å². The molecule has 0 radical (unpaired) electrons. The third kappa shape index (κ3) is 3.77. The van der Waals surface area contributed by atoms with Gasteiger partial charge in [0.1, 0.15) is 0 Å². The average Bonchev–Trinajstić information content (AvgIpc) is 2.11. The first-order chi connectivity index (χ1) is 7.33. The fourth-order valence-corrected chi connectivity index (χ4v) is 0.699. The molecule has 102 valence electrons. The number of alkyl halides is 7. The van der Waals surface area contributed by atoms with E-state index in [4.69, 9.17) is 0 Å². The van der Waals surface area contributed by atoms with Crippen LogP contribution in [-0.2, 0) is 4.74 Å². The van der Waals surface area contributed by atoms with Crippen molar-refractivity contribution in [3.63, 3.8) is 0 Å². The second-order valence-corrected chi connectivity index (χ2v) is 3.59. The van der Waals surface area contributed by atoms with E-state index in [1.54, 1.807) is 0 Å². The Balaban J connectivity index is 4.87. The van der Waals surface area contributed by atoms with E-state index in [9.17, 15) is 35.1 Å². The van der Waals surface area contributed by atoms with Crippen molar-refractivity contribution >= 4 is 23.2 Å². The largest absolute Gasteiger partial charge is 0.460 e. The normalized spacial score (nSPS) is 16.4. The first kappa shape index (κ1) is 16.6. The zero-order valence-corrected chi connectivity index (χ0v) is 8.91. The van der Waals surface area contributed by atoms with Gasteiger partial charge in [-0.3, -0.25) is 0 Å². The van der Waals surface area contributed by atoms with Crippen molar-refractivity contribution in [1.82, 2.24) is 0 Å². The first-order valence-corrected chi connectivity index (χ1v) is 4.24. The van der Waals surface area contributed by atoms with Crippen molar-refractivity contribution in [3.8, 4) is 0 Å². The molecular formula is C6H2Cl2F8O. The van der Waals surface area contributed by atoms with Crippen molar-refractivity contribution in [2.45, 2.75) is 16.4 Å². The van der Waals surface area contributed by atoms with Crippen LogP contribution in [0.15, 0.2) is 12.1 Å². The van der Waals surface area contributed by atoms with Crippen LogP contribution >= 0.6 is 23.2 Å². The van der Waals surface area contributed by atoms with E-state index >= 15 is 0 Å². The Morgan fingerprint density at radius 2 is 1.35 bits per heavy atom. The minimum atomic E-state index is -5.23. The van der Waals surface area contributed by atoms with Gasteiger partial charge in [-0.05, 0) is 11.6 Å². The molecule has 0 rings (SSSR count). The third-order valence-corrected chi connectivity index (χ3v) is 2.22. The van der Waals surface area contributed by atoms with Gasteiger partial charge in [-0.1, -0.05) is 11.6 Å². The maximum atomic E-state index is 12.8. The van der Waals surface area contributed by atoms with Crippen molar-refractivity contribution in [3.05, 3.63) is 12.1 Å². The van der Waals surface area contributed by atoms with Gasteiger partial charge in [-0.2, -0.15) is 30.7 Å². The van der Waals surface area contributed by atoms with Gasteiger partial charge in [-0.25, -0.2) is 4.39 Å². The van der Waals surface area contributed by atoms with E-state index in [1.165, 1.54) is 0 Å². The summed E-state index contributed by atoms with van der Waals surface area (Å²) in [5.41, 5.74) is 0. The summed E-state index contributed by atoms with van der Waals surface area (Å²) < 4.78 is 100. The van der Waals surface area contributed by atoms with Gasteiger partial charge in [0.2, 0.25) is 0 Å². The molecule has 0 aromatic heterocycles. The minimum Gasteiger partial charge on any atom is -0.460 e. The quantitative estimate of drug-likeness (QED) is 0.415. The lowest BCUT2D eigenvalue weighted by Gasteiger charge is -2.30. The Morgan fingerprint density at radius 3 is 1.65 bits per heavy atom. The summed E-state index contributed by atoms with van der Waals surface area (Å²) in [7, 11) is 0. The number of ether oxygens (including phenoxy) is 1. The predicted octanol–water partition coefficient (Wildman–Crippen LogP) is 4.41. The van der Waals surface area contributed by atoms with E-state index in [2.05, 4.69) is 27.9 Å². The summed E-state index contributed by atoms with van der Waals surface area (Å²) in [6.07, 6.45) is -3.13. The second kappa shape index (κ2) is 5.05. The molecule has 1 atom stereocenters. The Bertz CT molecular complexity index is 306. The number of rotatable bonds is 5. The van der Waals surface area contributed by atoms with E-state index in [1.807, 2.05) is 0 Å². The lowest BCUT2D eigenvalue weighted by molar-refractivity contribution is -0.193. The zero-order chi connectivity index (χ0) is 14.1. The standard InChI is InChI=1S/C6H2Cl2F8O/c7-5(14,6(8,15)16)4(12,13)1-17-3(11)2(9)10/h1H2. The number of hydrogen-bond acceptors (Lipinski definition) is 1. The zero-order valence-electron chi connectivity index (χ0n) is 7.39. The highest BCUT2D eigenvalue weighted by molar-refractivity contribution is 6.33. The SMILES string of the molecule is FC(F)=C(F)OCC(F)(F)C(F)(Cl)C(F)(F)Cl. The number of halogens is 10. The molecule has 0 spiro atoms. The van der Waals surface area contributed by atoms with Crippen LogP contribution in [0, 0.1) is 0 Å². The molecule has 0 saturated carbocycles. The average molecular weight is 313 g/mol. The molecular weight excluding hydrogens is 311 g/mol. The topological polar surface area (TPSA) is 9.23 Å². The van der Waals surface area contributed by atoms with E-state index in [-0.39, 0.29) is 0 Å². The molecule has 0 aromatic carbocycles. The third-order valence-electron chi connectivity index (χ3n) is 1.34. The van der Waals surface area contributed by atoms with E-state index in [0.29, 0.717) is 0 Å². The van der Waals surface area contributed by atoms with Gasteiger partial charge in [0.05, 0.1) is 0 Å². The second-order valence-electron chi connectivity index (χ2n) is 2.60. The molecule has 11 heteroatoms. The van der Waals surface area contributed by atoms with Crippen LogP contribution in [0.1, 0.15) is 0 Å². The molecule has 0 N–H and O–H groups in total. The number of hydrogen-bond donors (Lipinski definition) is 0. The van der Waals surface area contributed by atoms with E-state index in [0.717, 1.165) is 0 Å². The highest BCUT2D eigenvalue weighted by Gasteiger charge is 2.69. The summed E-state index contributed by atoms with van der Waals surface area (Å²) in [6.45, 7) is -2.49. The van der Waals surface area contributed by atoms with Gasteiger partial charge in [0.15, 0.2) is 6.61 Å². The van der Waals surface area contributed by atoms with Crippen LogP contribution in [0.4, 0.5) is 35.1 Å². The Labute approximate surface area is 98.9 Å². The Morgan fingerprint density at radius 1 is 0.941 bits per heavy atom. The minimum absolute atomic E-state index is 2.49.